The molecular weight excluding hydrogens is 196 g/mol. The first-order chi connectivity index (χ1) is 7.15. The molecule has 15 heavy (non-hydrogen) atoms. The van der Waals surface area contributed by atoms with E-state index in [1.165, 1.54) is 0 Å². The fraction of sp³-hybridized carbons (Fsp3) is 0.500. The van der Waals surface area contributed by atoms with Crippen LogP contribution in [0.1, 0.15) is 31.5 Å². The van der Waals surface area contributed by atoms with Gasteiger partial charge in [0.1, 0.15) is 6.54 Å². The summed E-state index contributed by atoms with van der Waals surface area (Å²) in [7, 11) is 0. The van der Waals surface area contributed by atoms with Crippen molar-refractivity contribution in [3.05, 3.63) is 17.9 Å². The topological polar surface area (TPSA) is 95.7 Å². The third-order valence-electron chi connectivity index (χ3n) is 1.85. The minimum absolute atomic E-state index is 0.253. The van der Waals surface area contributed by atoms with Crippen LogP contribution in [0, 0.1) is 0 Å². The summed E-state index contributed by atoms with van der Waals surface area (Å²) in [6, 6.07) is 0. The molecule has 0 spiro atoms. The fourth-order valence-electron chi connectivity index (χ4n) is 1.10. The molecule has 0 aliphatic heterocycles. The molecule has 2 rings (SSSR count). The SMILES string of the molecule is CC(C)c1noc(Cn2cc(N)nn2)n1. The van der Waals surface area contributed by atoms with Crippen LogP contribution < -0.4 is 5.73 Å². The average molecular weight is 208 g/mol. The molecule has 0 amide bonds. The van der Waals surface area contributed by atoms with Crippen molar-refractivity contribution < 1.29 is 4.52 Å². The Morgan fingerprint density at radius 1 is 1.53 bits per heavy atom. The Balaban J connectivity index is 2.11. The van der Waals surface area contributed by atoms with Crippen molar-refractivity contribution in [2.75, 3.05) is 5.73 Å². The minimum atomic E-state index is 0.253. The van der Waals surface area contributed by atoms with E-state index in [0.29, 0.717) is 24.1 Å². The van der Waals surface area contributed by atoms with Crippen molar-refractivity contribution in [3.8, 4) is 0 Å². The number of hydrogen-bond acceptors (Lipinski definition) is 6. The predicted molar refractivity (Wildman–Crippen MR) is 51.9 cm³/mol. The number of nitrogens with zero attached hydrogens (tertiary/aromatic N) is 5. The number of nitrogens with two attached hydrogens (primary N) is 1. The van der Waals surface area contributed by atoms with E-state index in [1.807, 2.05) is 13.8 Å². The molecule has 80 valence electrons. The largest absolute Gasteiger partial charge is 0.381 e. The van der Waals surface area contributed by atoms with Crippen molar-refractivity contribution in [1.29, 1.82) is 0 Å². The van der Waals surface area contributed by atoms with Crippen LogP contribution in [0.15, 0.2) is 10.7 Å². The van der Waals surface area contributed by atoms with Gasteiger partial charge in [-0.3, -0.25) is 0 Å². The molecule has 0 radical (unpaired) electrons. The standard InChI is InChI=1S/C8H12N6O/c1-5(2)8-10-7(15-12-8)4-14-3-6(9)11-13-14/h3,5H,4,9H2,1-2H3. The molecule has 0 saturated heterocycles. The van der Waals surface area contributed by atoms with E-state index in [0.717, 1.165) is 0 Å². The van der Waals surface area contributed by atoms with E-state index in [4.69, 9.17) is 10.3 Å². The van der Waals surface area contributed by atoms with E-state index in [-0.39, 0.29) is 5.92 Å². The summed E-state index contributed by atoms with van der Waals surface area (Å²) in [6.45, 7) is 4.40. The molecule has 0 unspecified atom stereocenters. The first kappa shape index (κ1) is 9.63. The molecule has 0 saturated carbocycles. The van der Waals surface area contributed by atoms with Crippen LogP contribution in [-0.2, 0) is 6.54 Å². The van der Waals surface area contributed by atoms with Crippen LogP contribution in [0.25, 0.3) is 0 Å². The van der Waals surface area contributed by atoms with Crippen molar-refractivity contribution in [2.24, 2.45) is 0 Å². The molecule has 0 aliphatic carbocycles. The lowest BCUT2D eigenvalue weighted by molar-refractivity contribution is 0.358. The summed E-state index contributed by atoms with van der Waals surface area (Å²) in [5.41, 5.74) is 5.42. The van der Waals surface area contributed by atoms with E-state index < -0.39 is 0 Å². The molecule has 2 heterocycles. The number of anilines is 1. The monoisotopic (exact) mass is 208 g/mol. The molecule has 0 aliphatic rings. The Morgan fingerprint density at radius 3 is 2.87 bits per heavy atom. The van der Waals surface area contributed by atoms with Gasteiger partial charge in [0.15, 0.2) is 11.6 Å². The molecule has 2 aromatic heterocycles. The maximum atomic E-state index is 5.42. The van der Waals surface area contributed by atoms with Crippen LogP contribution >= 0.6 is 0 Å². The first-order valence-electron chi connectivity index (χ1n) is 4.63. The lowest BCUT2D eigenvalue weighted by atomic mass is 10.2. The van der Waals surface area contributed by atoms with Crippen LogP contribution in [0.5, 0.6) is 0 Å². The van der Waals surface area contributed by atoms with Crippen LogP contribution in [0.3, 0.4) is 0 Å². The zero-order valence-corrected chi connectivity index (χ0v) is 8.58. The zero-order chi connectivity index (χ0) is 10.8. The normalized spacial score (nSPS) is 11.1. The second kappa shape index (κ2) is 3.68. The quantitative estimate of drug-likeness (QED) is 0.785. The maximum absolute atomic E-state index is 5.42. The third kappa shape index (κ3) is 2.12. The molecule has 0 bridgehead atoms. The van der Waals surface area contributed by atoms with Gasteiger partial charge in [-0.25, -0.2) is 4.68 Å². The number of nitrogen functional groups attached to an aromatic ring is 1. The van der Waals surface area contributed by atoms with Gasteiger partial charge in [0.05, 0.1) is 6.20 Å². The Labute approximate surface area is 86.3 Å². The molecule has 2 aromatic rings. The lowest BCUT2D eigenvalue weighted by Gasteiger charge is -1.93. The van der Waals surface area contributed by atoms with E-state index in [2.05, 4.69) is 20.5 Å². The summed E-state index contributed by atoms with van der Waals surface area (Å²) in [4.78, 5) is 4.21. The van der Waals surface area contributed by atoms with Crippen LogP contribution in [-0.4, -0.2) is 25.1 Å². The average Bonchev–Trinajstić information content (AvgIpc) is 2.76. The summed E-state index contributed by atoms with van der Waals surface area (Å²) < 4.78 is 6.60. The molecule has 0 atom stereocenters. The second-order valence-electron chi connectivity index (χ2n) is 3.54. The number of rotatable bonds is 3. The van der Waals surface area contributed by atoms with Crippen molar-refractivity contribution in [1.82, 2.24) is 25.1 Å². The van der Waals surface area contributed by atoms with Gasteiger partial charge in [0.2, 0.25) is 5.89 Å². The lowest BCUT2D eigenvalue weighted by Crippen LogP contribution is -2.01. The highest BCUT2D eigenvalue weighted by Crippen LogP contribution is 2.10. The van der Waals surface area contributed by atoms with Gasteiger partial charge in [-0.2, -0.15) is 4.98 Å². The van der Waals surface area contributed by atoms with E-state index in [9.17, 15) is 0 Å². The summed E-state index contributed by atoms with van der Waals surface area (Å²) in [6.07, 6.45) is 1.61. The summed E-state index contributed by atoms with van der Waals surface area (Å²) >= 11 is 0. The van der Waals surface area contributed by atoms with Gasteiger partial charge in [0, 0.05) is 5.92 Å². The Bertz CT molecular complexity index is 445. The number of aromatic nitrogens is 5. The van der Waals surface area contributed by atoms with E-state index in [1.54, 1.807) is 10.9 Å². The Hall–Kier alpha value is -1.92. The maximum Gasteiger partial charge on any atom is 0.248 e. The fourth-order valence-corrected chi connectivity index (χ4v) is 1.10. The highest BCUT2D eigenvalue weighted by Gasteiger charge is 2.10. The van der Waals surface area contributed by atoms with Crippen molar-refractivity contribution in [3.63, 3.8) is 0 Å². The zero-order valence-electron chi connectivity index (χ0n) is 8.58. The van der Waals surface area contributed by atoms with Crippen LogP contribution in [0.2, 0.25) is 0 Å². The Kier molecular flexibility index (Phi) is 2.36. The van der Waals surface area contributed by atoms with Gasteiger partial charge in [-0.05, 0) is 0 Å². The highest BCUT2D eigenvalue weighted by molar-refractivity contribution is 5.19. The molecule has 7 nitrogen and oxygen atoms in total. The van der Waals surface area contributed by atoms with Crippen LogP contribution in [0.4, 0.5) is 5.82 Å². The molecule has 2 N–H and O–H groups in total. The minimum Gasteiger partial charge on any atom is -0.381 e. The first-order valence-corrected chi connectivity index (χ1v) is 4.63. The molecule has 0 aromatic carbocycles. The van der Waals surface area contributed by atoms with Gasteiger partial charge in [-0.1, -0.05) is 24.2 Å². The van der Waals surface area contributed by atoms with Gasteiger partial charge in [-0.15, -0.1) is 5.10 Å². The molecule has 7 heteroatoms. The van der Waals surface area contributed by atoms with E-state index >= 15 is 0 Å². The van der Waals surface area contributed by atoms with Crippen molar-refractivity contribution in [2.45, 2.75) is 26.3 Å². The smallest absolute Gasteiger partial charge is 0.248 e. The molecule has 0 fully saturated rings. The van der Waals surface area contributed by atoms with Gasteiger partial charge < -0.3 is 10.3 Å². The summed E-state index contributed by atoms with van der Waals surface area (Å²) in [5, 5.41) is 11.3. The predicted octanol–water partition coefficient (Wildman–Crippen LogP) is 0.415. The van der Waals surface area contributed by atoms with Crippen molar-refractivity contribution >= 4 is 5.82 Å². The third-order valence-corrected chi connectivity index (χ3v) is 1.85. The molecular formula is C8H12N6O. The van der Waals surface area contributed by atoms with Gasteiger partial charge >= 0.3 is 0 Å². The summed E-state index contributed by atoms with van der Waals surface area (Å²) in [5.74, 6) is 1.82. The second-order valence-corrected chi connectivity index (χ2v) is 3.54. The number of hydrogen-bond donors (Lipinski definition) is 1. The van der Waals surface area contributed by atoms with Gasteiger partial charge in [0.25, 0.3) is 0 Å². The highest BCUT2D eigenvalue weighted by atomic mass is 16.5. The Morgan fingerprint density at radius 2 is 2.33 bits per heavy atom.